The molecule has 1 N–H and O–H groups in total. The number of hydrogen-bond donors (Lipinski definition) is 1. The zero-order valence-electron chi connectivity index (χ0n) is 16.3. The molecule has 1 unspecified atom stereocenters. The van der Waals surface area contributed by atoms with Crippen molar-refractivity contribution >= 4 is 5.96 Å². The largest absolute Gasteiger partial charge is 0.491 e. The standard InChI is InChI=1S/C19H33N5O/c1-16-8-6-7-9-18(16)25-13-12-24(5)19(20-2)21-14-17-15-22(3)10-11-23(17)4/h6-9,17H,10-15H2,1-5H3,(H,20,21). The van der Waals surface area contributed by atoms with Crippen molar-refractivity contribution in [3.63, 3.8) is 0 Å². The highest BCUT2D eigenvalue weighted by Crippen LogP contribution is 2.15. The molecule has 1 aliphatic heterocycles. The Labute approximate surface area is 152 Å². The highest BCUT2D eigenvalue weighted by molar-refractivity contribution is 5.79. The van der Waals surface area contributed by atoms with Crippen molar-refractivity contribution in [1.29, 1.82) is 0 Å². The Hall–Kier alpha value is -1.79. The third-order valence-electron chi connectivity index (χ3n) is 4.83. The number of rotatable bonds is 6. The molecule has 0 aromatic heterocycles. The number of aryl methyl sites for hydroxylation is 1. The lowest BCUT2D eigenvalue weighted by atomic mass is 10.2. The van der Waals surface area contributed by atoms with Gasteiger partial charge in [0.2, 0.25) is 0 Å². The highest BCUT2D eigenvalue weighted by Gasteiger charge is 2.22. The lowest BCUT2D eigenvalue weighted by molar-refractivity contribution is 0.116. The Bertz CT molecular complexity index is 563. The van der Waals surface area contributed by atoms with Crippen molar-refractivity contribution in [2.24, 2.45) is 4.99 Å². The zero-order chi connectivity index (χ0) is 18.2. The monoisotopic (exact) mass is 347 g/mol. The van der Waals surface area contributed by atoms with Crippen molar-refractivity contribution in [3.05, 3.63) is 29.8 Å². The molecule has 1 aromatic carbocycles. The fourth-order valence-electron chi connectivity index (χ4n) is 3.03. The number of benzene rings is 1. The van der Waals surface area contributed by atoms with Crippen molar-refractivity contribution in [1.82, 2.24) is 20.0 Å². The quantitative estimate of drug-likeness (QED) is 0.617. The number of piperazine rings is 1. The summed E-state index contributed by atoms with van der Waals surface area (Å²) in [6.07, 6.45) is 0. The average Bonchev–Trinajstić information content (AvgIpc) is 2.60. The molecule has 0 aliphatic carbocycles. The molecule has 0 spiro atoms. The first-order chi connectivity index (χ1) is 12.0. The molecule has 6 heteroatoms. The van der Waals surface area contributed by atoms with E-state index in [-0.39, 0.29) is 0 Å². The fourth-order valence-corrected chi connectivity index (χ4v) is 3.03. The van der Waals surface area contributed by atoms with Crippen molar-refractivity contribution in [3.8, 4) is 5.75 Å². The van der Waals surface area contributed by atoms with Crippen LogP contribution in [-0.2, 0) is 0 Å². The maximum Gasteiger partial charge on any atom is 0.193 e. The minimum Gasteiger partial charge on any atom is -0.491 e. The van der Waals surface area contributed by atoms with E-state index in [1.807, 2.05) is 32.3 Å². The number of guanidine groups is 1. The number of ether oxygens (including phenoxy) is 1. The molecular formula is C19H33N5O. The summed E-state index contributed by atoms with van der Waals surface area (Å²) in [6, 6.07) is 8.62. The molecule has 25 heavy (non-hydrogen) atoms. The summed E-state index contributed by atoms with van der Waals surface area (Å²) in [5, 5.41) is 3.50. The number of nitrogens with zero attached hydrogens (tertiary/aromatic N) is 4. The van der Waals surface area contributed by atoms with Gasteiger partial charge in [0, 0.05) is 46.3 Å². The van der Waals surface area contributed by atoms with Crippen LogP contribution in [0.15, 0.2) is 29.3 Å². The average molecular weight is 348 g/mol. The Morgan fingerprint density at radius 1 is 1.32 bits per heavy atom. The number of nitrogens with one attached hydrogen (secondary N) is 1. The molecule has 0 bridgehead atoms. The molecule has 1 fully saturated rings. The van der Waals surface area contributed by atoms with Crippen LogP contribution in [-0.4, -0.2) is 94.2 Å². The molecule has 0 amide bonds. The van der Waals surface area contributed by atoms with Gasteiger partial charge in [-0.15, -0.1) is 0 Å². The number of hydrogen-bond acceptors (Lipinski definition) is 4. The van der Waals surface area contributed by atoms with Crippen LogP contribution in [0.4, 0.5) is 0 Å². The summed E-state index contributed by atoms with van der Waals surface area (Å²) in [6.45, 7) is 7.72. The predicted molar refractivity (Wildman–Crippen MR) is 105 cm³/mol. The molecule has 0 saturated carbocycles. The van der Waals surface area contributed by atoms with Gasteiger partial charge in [-0.1, -0.05) is 18.2 Å². The van der Waals surface area contributed by atoms with E-state index < -0.39 is 0 Å². The number of para-hydroxylation sites is 1. The normalized spacial score (nSPS) is 19.7. The fraction of sp³-hybridized carbons (Fsp3) is 0.632. The molecule has 1 aromatic rings. The van der Waals surface area contributed by atoms with E-state index in [0.717, 1.165) is 50.0 Å². The summed E-state index contributed by atoms with van der Waals surface area (Å²) in [7, 11) is 8.26. The van der Waals surface area contributed by atoms with Gasteiger partial charge in [0.15, 0.2) is 5.96 Å². The van der Waals surface area contributed by atoms with E-state index in [0.29, 0.717) is 12.6 Å². The molecular weight excluding hydrogens is 314 g/mol. The van der Waals surface area contributed by atoms with Crippen LogP contribution in [0.3, 0.4) is 0 Å². The maximum atomic E-state index is 5.89. The van der Waals surface area contributed by atoms with Gasteiger partial charge in [-0.2, -0.15) is 0 Å². The van der Waals surface area contributed by atoms with E-state index in [1.54, 1.807) is 0 Å². The van der Waals surface area contributed by atoms with Crippen LogP contribution in [0.25, 0.3) is 0 Å². The first kappa shape index (κ1) is 19.5. The Morgan fingerprint density at radius 2 is 2.08 bits per heavy atom. The molecule has 1 aliphatic rings. The summed E-state index contributed by atoms with van der Waals surface area (Å²) < 4.78 is 5.89. The third-order valence-corrected chi connectivity index (χ3v) is 4.83. The van der Waals surface area contributed by atoms with Crippen LogP contribution in [0.5, 0.6) is 5.75 Å². The van der Waals surface area contributed by atoms with E-state index in [1.165, 1.54) is 0 Å². The topological polar surface area (TPSA) is 43.3 Å². The van der Waals surface area contributed by atoms with Crippen LogP contribution < -0.4 is 10.1 Å². The minimum atomic E-state index is 0.507. The summed E-state index contributed by atoms with van der Waals surface area (Å²) in [4.78, 5) is 11.3. The maximum absolute atomic E-state index is 5.89. The van der Waals surface area contributed by atoms with Gasteiger partial charge in [-0.3, -0.25) is 9.89 Å². The predicted octanol–water partition coefficient (Wildman–Crippen LogP) is 1.13. The van der Waals surface area contributed by atoms with E-state index in [4.69, 9.17) is 4.74 Å². The van der Waals surface area contributed by atoms with Crippen LogP contribution >= 0.6 is 0 Å². The van der Waals surface area contributed by atoms with Gasteiger partial charge in [-0.25, -0.2) is 0 Å². The number of aliphatic imine (C=N–C) groups is 1. The van der Waals surface area contributed by atoms with Gasteiger partial charge in [-0.05, 0) is 32.6 Å². The summed E-state index contributed by atoms with van der Waals surface area (Å²) in [5.41, 5.74) is 1.16. The smallest absolute Gasteiger partial charge is 0.193 e. The zero-order valence-corrected chi connectivity index (χ0v) is 16.3. The lowest BCUT2D eigenvalue weighted by Gasteiger charge is -2.38. The van der Waals surface area contributed by atoms with Gasteiger partial charge in [0.1, 0.15) is 12.4 Å². The Balaban J connectivity index is 1.76. The minimum absolute atomic E-state index is 0.507. The molecule has 140 valence electrons. The first-order valence-electron chi connectivity index (χ1n) is 9.00. The Morgan fingerprint density at radius 3 is 2.80 bits per heavy atom. The molecule has 6 nitrogen and oxygen atoms in total. The van der Waals surface area contributed by atoms with Crippen LogP contribution in [0, 0.1) is 6.92 Å². The van der Waals surface area contributed by atoms with Crippen LogP contribution in [0.2, 0.25) is 0 Å². The Kier molecular flexibility index (Phi) is 7.52. The second-order valence-corrected chi connectivity index (χ2v) is 6.86. The SMILES string of the molecule is CN=C(NCC1CN(C)CCN1C)N(C)CCOc1ccccc1C. The van der Waals surface area contributed by atoms with Crippen molar-refractivity contribution in [2.45, 2.75) is 13.0 Å². The van der Waals surface area contributed by atoms with Crippen LogP contribution in [0.1, 0.15) is 5.56 Å². The molecule has 1 atom stereocenters. The second kappa shape index (κ2) is 9.63. The highest BCUT2D eigenvalue weighted by atomic mass is 16.5. The molecule has 0 radical (unpaired) electrons. The molecule has 2 rings (SSSR count). The first-order valence-corrected chi connectivity index (χ1v) is 9.00. The summed E-state index contributed by atoms with van der Waals surface area (Å²) >= 11 is 0. The lowest BCUT2D eigenvalue weighted by Crippen LogP contribution is -2.55. The second-order valence-electron chi connectivity index (χ2n) is 6.86. The van der Waals surface area contributed by atoms with E-state index in [9.17, 15) is 0 Å². The van der Waals surface area contributed by atoms with Gasteiger partial charge in [0.05, 0.1) is 6.54 Å². The number of likely N-dealkylation sites (N-methyl/N-ethyl adjacent to an activating group) is 3. The summed E-state index contributed by atoms with van der Waals surface area (Å²) in [5.74, 6) is 1.86. The van der Waals surface area contributed by atoms with Gasteiger partial charge in [0.25, 0.3) is 0 Å². The third kappa shape index (κ3) is 5.90. The van der Waals surface area contributed by atoms with Crippen molar-refractivity contribution in [2.75, 3.05) is 67.5 Å². The van der Waals surface area contributed by atoms with Gasteiger partial charge >= 0.3 is 0 Å². The van der Waals surface area contributed by atoms with E-state index in [2.05, 4.69) is 52.1 Å². The van der Waals surface area contributed by atoms with Crippen molar-refractivity contribution < 1.29 is 4.74 Å². The molecule has 1 heterocycles. The van der Waals surface area contributed by atoms with Gasteiger partial charge < -0.3 is 19.9 Å². The van der Waals surface area contributed by atoms with E-state index >= 15 is 0 Å². The molecule has 1 saturated heterocycles.